The van der Waals surface area contributed by atoms with Crippen LogP contribution in [-0.2, 0) is 9.47 Å². The van der Waals surface area contributed by atoms with Gasteiger partial charge in [0, 0.05) is 11.6 Å². The Hall–Kier alpha value is -0.280. The lowest BCUT2D eigenvalue weighted by Gasteiger charge is -2.38. The van der Waals surface area contributed by atoms with Crippen LogP contribution >= 0.6 is 11.6 Å². The lowest BCUT2D eigenvalue weighted by molar-refractivity contribution is -0.174. The van der Waals surface area contributed by atoms with Gasteiger partial charge in [-0.1, -0.05) is 6.92 Å². The SMILES string of the molecule is CCC1(OC(=O)Cl)COC1. The quantitative estimate of drug-likeness (QED) is 0.581. The van der Waals surface area contributed by atoms with E-state index in [-0.39, 0.29) is 0 Å². The predicted molar refractivity (Wildman–Crippen MR) is 36.2 cm³/mol. The van der Waals surface area contributed by atoms with Gasteiger partial charge in [0.1, 0.15) is 0 Å². The summed E-state index contributed by atoms with van der Waals surface area (Å²) in [6, 6.07) is 0. The van der Waals surface area contributed by atoms with Crippen LogP contribution in [0.25, 0.3) is 0 Å². The van der Waals surface area contributed by atoms with Crippen molar-refractivity contribution in [3.63, 3.8) is 0 Å². The van der Waals surface area contributed by atoms with E-state index in [0.717, 1.165) is 6.42 Å². The van der Waals surface area contributed by atoms with Crippen molar-refractivity contribution in [1.29, 1.82) is 0 Å². The normalized spacial score (nSPS) is 21.4. The number of carbonyl (C=O) groups excluding carboxylic acids is 1. The molecule has 0 aromatic rings. The highest BCUT2D eigenvalue weighted by molar-refractivity contribution is 6.61. The van der Waals surface area contributed by atoms with Gasteiger partial charge < -0.3 is 9.47 Å². The van der Waals surface area contributed by atoms with Gasteiger partial charge in [-0.3, -0.25) is 0 Å². The molecular weight excluding hydrogens is 156 g/mol. The first-order chi connectivity index (χ1) is 4.68. The zero-order valence-corrected chi connectivity index (χ0v) is 6.48. The minimum atomic E-state index is -0.745. The number of hydrogen-bond acceptors (Lipinski definition) is 3. The van der Waals surface area contributed by atoms with E-state index in [4.69, 9.17) is 21.1 Å². The first-order valence-electron chi connectivity index (χ1n) is 3.15. The number of carbonyl (C=O) groups is 1. The Kier molecular flexibility index (Phi) is 2.16. The van der Waals surface area contributed by atoms with Crippen LogP contribution in [0.3, 0.4) is 0 Å². The fourth-order valence-corrected chi connectivity index (χ4v) is 0.999. The highest BCUT2D eigenvalue weighted by Crippen LogP contribution is 2.26. The Bertz CT molecular complexity index is 136. The fourth-order valence-electron chi connectivity index (χ4n) is 0.835. The minimum Gasteiger partial charge on any atom is -0.442 e. The van der Waals surface area contributed by atoms with Crippen molar-refractivity contribution < 1.29 is 14.3 Å². The summed E-state index contributed by atoms with van der Waals surface area (Å²) >= 11 is 5.04. The van der Waals surface area contributed by atoms with Crippen LogP contribution < -0.4 is 0 Å². The summed E-state index contributed by atoms with van der Waals surface area (Å²) in [6.07, 6.45) is 0.755. The van der Waals surface area contributed by atoms with Crippen LogP contribution in [0.5, 0.6) is 0 Å². The van der Waals surface area contributed by atoms with Gasteiger partial charge >= 0.3 is 5.43 Å². The van der Waals surface area contributed by atoms with E-state index in [0.29, 0.717) is 13.2 Å². The zero-order chi connectivity index (χ0) is 7.61. The molecule has 58 valence electrons. The third-order valence-electron chi connectivity index (χ3n) is 1.67. The molecule has 0 spiro atoms. The number of rotatable bonds is 2. The molecule has 0 N–H and O–H groups in total. The second-order valence-electron chi connectivity index (χ2n) is 2.37. The van der Waals surface area contributed by atoms with Crippen molar-refractivity contribution in [1.82, 2.24) is 0 Å². The summed E-state index contributed by atoms with van der Waals surface area (Å²) < 4.78 is 9.72. The average Bonchev–Trinajstić information content (AvgIpc) is 1.78. The lowest BCUT2D eigenvalue weighted by Crippen LogP contribution is -2.51. The Morgan fingerprint density at radius 1 is 1.80 bits per heavy atom. The van der Waals surface area contributed by atoms with Crippen LogP contribution in [0.2, 0.25) is 0 Å². The van der Waals surface area contributed by atoms with Crippen LogP contribution in [0.4, 0.5) is 4.79 Å². The molecule has 1 fully saturated rings. The van der Waals surface area contributed by atoms with Crippen LogP contribution in [0.15, 0.2) is 0 Å². The van der Waals surface area contributed by atoms with Crippen molar-refractivity contribution in [3.05, 3.63) is 0 Å². The van der Waals surface area contributed by atoms with Gasteiger partial charge in [0.15, 0.2) is 5.60 Å². The van der Waals surface area contributed by atoms with Crippen molar-refractivity contribution >= 4 is 17.0 Å². The van der Waals surface area contributed by atoms with Crippen molar-refractivity contribution in [2.75, 3.05) is 13.2 Å². The van der Waals surface area contributed by atoms with Gasteiger partial charge in [-0.05, 0) is 6.42 Å². The molecule has 0 amide bonds. The molecule has 1 heterocycles. The highest BCUT2D eigenvalue weighted by atomic mass is 35.5. The molecule has 0 unspecified atom stereocenters. The largest absolute Gasteiger partial charge is 0.442 e. The second kappa shape index (κ2) is 2.76. The predicted octanol–water partition coefficient (Wildman–Crippen LogP) is 1.54. The molecule has 0 aromatic carbocycles. The number of halogens is 1. The van der Waals surface area contributed by atoms with E-state index < -0.39 is 11.0 Å². The lowest BCUT2D eigenvalue weighted by atomic mass is 9.99. The Morgan fingerprint density at radius 3 is 2.50 bits per heavy atom. The van der Waals surface area contributed by atoms with E-state index in [1.54, 1.807) is 0 Å². The maximum absolute atomic E-state index is 10.3. The molecule has 1 aliphatic rings. The number of hydrogen-bond donors (Lipinski definition) is 0. The van der Waals surface area contributed by atoms with Gasteiger partial charge in [-0.15, -0.1) is 0 Å². The fraction of sp³-hybridized carbons (Fsp3) is 0.833. The molecule has 0 atom stereocenters. The Balaban J connectivity index is 2.40. The van der Waals surface area contributed by atoms with Crippen molar-refractivity contribution in [3.8, 4) is 0 Å². The first-order valence-corrected chi connectivity index (χ1v) is 3.52. The van der Waals surface area contributed by atoms with Gasteiger partial charge in [0.05, 0.1) is 13.2 Å². The summed E-state index contributed by atoms with van der Waals surface area (Å²) in [7, 11) is 0. The summed E-state index contributed by atoms with van der Waals surface area (Å²) in [5, 5.41) is 0. The molecule has 0 saturated carbocycles. The molecule has 1 saturated heterocycles. The molecule has 1 rings (SSSR count). The third-order valence-corrected chi connectivity index (χ3v) is 1.75. The molecule has 0 aromatic heterocycles. The summed E-state index contributed by atoms with van der Waals surface area (Å²) in [6.45, 7) is 2.88. The molecule has 0 radical (unpaired) electrons. The summed E-state index contributed by atoms with van der Waals surface area (Å²) in [5.41, 5.74) is -1.16. The topological polar surface area (TPSA) is 35.5 Å². The maximum atomic E-state index is 10.3. The standard InChI is InChI=1S/C6H9ClO3/c1-2-6(3-9-4-6)10-5(7)8/h2-4H2,1H3. The molecule has 4 heteroatoms. The average molecular weight is 165 g/mol. The van der Waals surface area contributed by atoms with Gasteiger partial charge in [0.2, 0.25) is 0 Å². The van der Waals surface area contributed by atoms with Crippen LogP contribution in [-0.4, -0.2) is 24.2 Å². The molecule has 0 aliphatic carbocycles. The molecule has 1 aliphatic heterocycles. The first kappa shape index (κ1) is 7.82. The van der Waals surface area contributed by atoms with E-state index >= 15 is 0 Å². The van der Waals surface area contributed by atoms with Gasteiger partial charge in [-0.2, -0.15) is 0 Å². The minimum absolute atomic E-state index is 0.418. The Morgan fingerprint density at radius 2 is 2.40 bits per heavy atom. The van der Waals surface area contributed by atoms with E-state index in [1.807, 2.05) is 6.92 Å². The van der Waals surface area contributed by atoms with E-state index in [1.165, 1.54) is 0 Å². The van der Waals surface area contributed by atoms with Crippen molar-refractivity contribution in [2.24, 2.45) is 0 Å². The van der Waals surface area contributed by atoms with Crippen LogP contribution in [0, 0.1) is 0 Å². The summed E-state index contributed by atoms with van der Waals surface area (Å²) in [5.74, 6) is 0. The van der Waals surface area contributed by atoms with Gasteiger partial charge in [-0.25, -0.2) is 4.79 Å². The molecular formula is C6H9ClO3. The van der Waals surface area contributed by atoms with Gasteiger partial charge in [0.25, 0.3) is 0 Å². The smallest absolute Gasteiger partial charge is 0.404 e. The summed E-state index contributed by atoms with van der Waals surface area (Å²) in [4.78, 5) is 10.3. The molecule has 3 nitrogen and oxygen atoms in total. The maximum Gasteiger partial charge on any atom is 0.404 e. The molecule has 0 bridgehead atoms. The van der Waals surface area contributed by atoms with Crippen LogP contribution in [0.1, 0.15) is 13.3 Å². The van der Waals surface area contributed by atoms with E-state index in [2.05, 4.69) is 0 Å². The Labute approximate surface area is 64.3 Å². The highest BCUT2D eigenvalue weighted by Gasteiger charge is 2.40. The van der Waals surface area contributed by atoms with E-state index in [9.17, 15) is 4.79 Å². The second-order valence-corrected chi connectivity index (χ2v) is 2.68. The third kappa shape index (κ3) is 1.41. The monoisotopic (exact) mass is 164 g/mol. The zero-order valence-electron chi connectivity index (χ0n) is 5.72. The van der Waals surface area contributed by atoms with Crippen molar-refractivity contribution in [2.45, 2.75) is 18.9 Å². The number of ether oxygens (including phenoxy) is 2. The molecule has 10 heavy (non-hydrogen) atoms.